The molecule has 0 saturated carbocycles. The predicted molar refractivity (Wildman–Crippen MR) is 105 cm³/mol. The molecule has 0 radical (unpaired) electrons. The lowest BCUT2D eigenvalue weighted by molar-refractivity contribution is -0.113. The average Bonchev–Trinajstić information content (AvgIpc) is 3.46. The summed E-state index contributed by atoms with van der Waals surface area (Å²) in [6.07, 6.45) is 35.1. The lowest BCUT2D eigenvalue weighted by Gasteiger charge is -1.97. The monoisotopic (exact) mass is 338 g/mol. The second kappa shape index (κ2) is 12.4. The lowest BCUT2D eigenvalue weighted by Crippen LogP contribution is -1.97. The molecular formula is C23H30O2. The third-order valence-electron chi connectivity index (χ3n) is 4.21. The van der Waals surface area contributed by atoms with Crippen molar-refractivity contribution < 1.29 is 9.53 Å². The highest BCUT2D eigenvalue weighted by molar-refractivity contribution is 5.92. The topological polar surface area (TPSA) is 26.3 Å². The van der Waals surface area contributed by atoms with Crippen LogP contribution in [-0.2, 0) is 9.53 Å². The van der Waals surface area contributed by atoms with Gasteiger partial charge in [0.15, 0.2) is 5.78 Å². The number of ketones is 1. The number of allylic oxidation sites excluding steroid dienone is 8. The third-order valence-corrected chi connectivity index (χ3v) is 4.21. The fourth-order valence-electron chi connectivity index (χ4n) is 2.77. The van der Waals surface area contributed by atoms with E-state index < -0.39 is 0 Å². The molecule has 0 unspecified atom stereocenters. The Morgan fingerprint density at radius 1 is 0.680 bits per heavy atom. The number of fused-ring (bicyclic) bond motifs is 2. The molecule has 0 N–H and O–H groups in total. The number of ether oxygens (including phenoxy) is 1. The van der Waals surface area contributed by atoms with Crippen LogP contribution in [0.15, 0.2) is 72.9 Å². The summed E-state index contributed by atoms with van der Waals surface area (Å²) in [4.78, 5) is 10.3. The minimum absolute atomic E-state index is 0.197. The normalized spacial score (nSPS) is 26.5. The summed E-state index contributed by atoms with van der Waals surface area (Å²) in [5.41, 5.74) is 0. The molecule has 2 heteroatoms. The van der Waals surface area contributed by atoms with Gasteiger partial charge in [0, 0.05) is 6.42 Å². The van der Waals surface area contributed by atoms with E-state index in [9.17, 15) is 4.79 Å². The van der Waals surface area contributed by atoms with Gasteiger partial charge >= 0.3 is 0 Å². The second-order valence-corrected chi connectivity index (χ2v) is 6.45. The highest BCUT2D eigenvalue weighted by atomic mass is 16.5. The van der Waals surface area contributed by atoms with Crippen LogP contribution < -0.4 is 0 Å². The van der Waals surface area contributed by atoms with Gasteiger partial charge in [-0.25, -0.2) is 0 Å². The molecule has 0 aromatic heterocycles. The average molecular weight is 338 g/mol. The van der Waals surface area contributed by atoms with Crippen LogP contribution in [0.2, 0.25) is 0 Å². The quantitative estimate of drug-likeness (QED) is 0.522. The molecule has 0 saturated heterocycles. The van der Waals surface area contributed by atoms with Gasteiger partial charge in [-0.3, -0.25) is 4.79 Å². The number of hydrogen-bond acceptors (Lipinski definition) is 2. The maximum absolute atomic E-state index is 10.3. The third kappa shape index (κ3) is 9.21. The van der Waals surface area contributed by atoms with Crippen molar-refractivity contribution in [1.82, 2.24) is 0 Å². The minimum atomic E-state index is 0.197. The Bertz CT molecular complexity index is 519. The summed E-state index contributed by atoms with van der Waals surface area (Å²) >= 11 is 0. The number of hydrogen-bond donors (Lipinski definition) is 0. The van der Waals surface area contributed by atoms with Crippen molar-refractivity contribution >= 4 is 5.78 Å². The van der Waals surface area contributed by atoms with E-state index in [1.54, 1.807) is 12.2 Å². The van der Waals surface area contributed by atoms with Crippen LogP contribution in [0, 0.1) is 0 Å². The Morgan fingerprint density at radius 3 is 1.40 bits per heavy atom. The molecule has 0 fully saturated rings. The number of rotatable bonds is 0. The van der Waals surface area contributed by atoms with Gasteiger partial charge in [0.1, 0.15) is 0 Å². The fourth-order valence-corrected chi connectivity index (χ4v) is 2.77. The Kier molecular flexibility index (Phi) is 9.65. The summed E-state index contributed by atoms with van der Waals surface area (Å²) in [6, 6.07) is 0. The standard InChI is InChI=1S/2C6H6O.C6H10.C5H8/c1-2-6-4-3-5(1)7-6;7-6-4-2-1-3-5-6;1-2-4-6-5-3-1;1-2-4-5-3-1/h1-6H;1-4H,5H2;1-2H,3-6H2;1-2H,3-5H2. The van der Waals surface area contributed by atoms with Gasteiger partial charge in [0.25, 0.3) is 0 Å². The van der Waals surface area contributed by atoms with Crippen LogP contribution in [-0.4, -0.2) is 18.0 Å². The first-order valence-corrected chi connectivity index (χ1v) is 9.53. The molecule has 3 aliphatic carbocycles. The van der Waals surface area contributed by atoms with Crippen LogP contribution in [0.25, 0.3) is 0 Å². The van der Waals surface area contributed by atoms with E-state index in [4.69, 9.17) is 4.74 Å². The van der Waals surface area contributed by atoms with Crippen LogP contribution in [0.4, 0.5) is 0 Å². The maximum Gasteiger partial charge on any atom is 0.159 e. The summed E-state index contributed by atoms with van der Waals surface area (Å²) in [6.45, 7) is 0. The maximum atomic E-state index is 10.3. The lowest BCUT2D eigenvalue weighted by atomic mass is 10.1. The molecule has 0 atom stereocenters. The van der Waals surface area contributed by atoms with E-state index in [0.29, 0.717) is 18.6 Å². The Morgan fingerprint density at radius 2 is 1.20 bits per heavy atom. The minimum Gasteiger partial charge on any atom is -0.359 e. The molecule has 5 aliphatic rings. The summed E-state index contributed by atoms with van der Waals surface area (Å²) in [5.74, 6) is 0.197. The van der Waals surface area contributed by atoms with Crippen molar-refractivity contribution in [3.8, 4) is 0 Å². The van der Waals surface area contributed by atoms with Crippen molar-refractivity contribution in [1.29, 1.82) is 0 Å². The predicted octanol–water partition coefficient (Wildman–Crippen LogP) is 5.79. The van der Waals surface area contributed by atoms with E-state index >= 15 is 0 Å². The summed E-state index contributed by atoms with van der Waals surface area (Å²) < 4.78 is 5.25. The zero-order valence-corrected chi connectivity index (χ0v) is 15.1. The molecule has 0 aromatic rings. The number of carbonyl (C=O) groups is 1. The second-order valence-electron chi connectivity index (χ2n) is 6.45. The fraction of sp³-hybridized carbons (Fsp3) is 0.435. The van der Waals surface area contributed by atoms with Gasteiger partial charge in [-0.05, 0) is 51.0 Å². The summed E-state index contributed by atoms with van der Waals surface area (Å²) in [7, 11) is 0. The molecule has 0 spiro atoms. The summed E-state index contributed by atoms with van der Waals surface area (Å²) in [5, 5.41) is 0. The SMILES string of the molecule is C1=CC2C=CC1O2.C1=CCCC1.C1=CCCCC1.O=C1C=CC=CC1. The molecule has 0 amide bonds. The first-order chi connectivity index (χ1) is 12.3. The van der Waals surface area contributed by atoms with Gasteiger partial charge < -0.3 is 4.74 Å². The smallest absolute Gasteiger partial charge is 0.159 e. The van der Waals surface area contributed by atoms with Gasteiger partial charge in [-0.15, -0.1) is 0 Å². The molecule has 5 rings (SSSR count). The zero-order chi connectivity index (χ0) is 17.6. The molecular weight excluding hydrogens is 308 g/mol. The first kappa shape index (κ1) is 19.4. The van der Waals surface area contributed by atoms with Gasteiger partial charge in [0.05, 0.1) is 12.2 Å². The van der Waals surface area contributed by atoms with Crippen molar-refractivity contribution in [2.75, 3.05) is 0 Å². The Hall–Kier alpha value is -1.93. The van der Waals surface area contributed by atoms with Gasteiger partial charge in [0.2, 0.25) is 0 Å². The van der Waals surface area contributed by atoms with E-state index in [1.807, 2.05) is 12.2 Å². The van der Waals surface area contributed by atoms with Crippen molar-refractivity contribution in [3.63, 3.8) is 0 Å². The van der Waals surface area contributed by atoms with E-state index in [2.05, 4.69) is 48.6 Å². The van der Waals surface area contributed by atoms with E-state index in [0.717, 1.165) is 0 Å². The van der Waals surface area contributed by atoms with Crippen molar-refractivity contribution in [2.24, 2.45) is 0 Å². The van der Waals surface area contributed by atoms with Gasteiger partial charge in [-0.1, -0.05) is 66.8 Å². The van der Waals surface area contributed by atoms with Crippen LogP contribution in [0.3, 0.4) is 0 Å². The molecule has 2 aliphatic heterocycles. The van der Waals surface area contributed by atoms with Crippen molar-refractivity contribution in [2.45, 2.75) is 63.6 Å². The van der Waals surface area contributed by atoms with Crippen LogP contribution >= 0.6 is 0 Å². The molecule has 2 heterocycles. The largest absolute Gasteiger partial charge is 0.359 e. The molecule has 2 nitrogen and oxygen atoms in total. The van der Waals surface area contributed by atoms with Crippen molar-refractivity contribution in [3.05, 3.63) is 72.9 Å². The molecule has 134 valence electrons. The van der Waals surface area contributed by atoms with Crippen LogP contribution in [0.1, 0.15) is 51.4 Å². The Balaban J connectivity index is 0.000000121. The van der Waals surface area contributed by atoms with Gasteiger partial charge in [-0.2, -0.15) is 0 Å². The van der Waals surface area contributed by atoms with E-state index in [1.165, 1.54) is 44.9 Å². The zero-order valence-electron chi connectivity index (χ0n) is 15.1. The van der Waals surface area contributed by atoms with E-state index in [-0.39, 0.29) is 5.78 Å². The Labute approximate surface area is 152 Å². The highest BCUT2D eigenvalue weighted by Crippen LogP contribution is 2.19. The highest BCUT2D eigenvalue weighted by Gasteiger charge is 2.19. The van der Waals surface area contributed by atoms with Crippen LogP contribution in [0.5, 0.6) is 0 Å². The molecule has 25 heavy (non-hydrogen) atoms. The number of carbonyl (C=O) groups excluding carboxylic acids is 1. The molecule has 2 bridgehead atoms. The first-order valence-electron chi connectivity index (χ1n) is 9.53. The molecule has 0 aromatic carbocycles.